The number of hydrogen-bond acceptors (Lipinski definition) is 3. The fourth-order valence-corrected chi connectivity index (χ4v) is 1.78. The summed E-state index contributed by atoms with van der Waals surface area (Å²) in [6.45, 7) is 2.97. The maximum Gasteiger partial charge on any atom is 0.323 e. The van der Waals surface area contributed by atoms with Crippen molar-refractivity contribution in [2.75, 3.05) is 13.2 Å². The van der Waals surface area contributed by atoms with Crippen molar-refractivity contribution in [1.82, 2.24) is 0 Å². The van der Waals surface area contributed by atoms with Gasteiger partial charge in [-0.15, -0.1) is 0 Å². The maximum atomic E-state index is 10.7. The van der Waals surface area contributed by atoms with Crippen LogP contribution in [0.2, 0.25) is 0 Å². The first-order chi connectivity index (χ1) is 7.52. The first kappa shape index (κ1) is 13.5. The van der Waals surface area contributed by atoms with Gasteiger partial charge in [0.05, 0.1) is 0 Å². The van der Waals surface area contributed by atoms with Gasteiger partial charge in [-0.25, -0.2) is 0 Å². The zero-order valence-corrected chi connectivity index (χ0v) is 10.1. The lowest BCUT2D eigenvalue weighted by Gasteiger charge is -2.25. The molecule has 0 saturated heterocycles. The minimum atomic E-state index is -1.11. The molecule has 3 N–H and O–H groups in total. The third kappa shape index (κ3) is 4.49. The molecule has 0 radical (unpaired) electrons. The van der Waals surface area contributed by atoms with Crippen molar-refractivity contribution in [3.8, 4) is 0 Å². The Morgan fingerprint density at radius 1 is 1.50 bits per heavy atom. The van der Waals surface area contributed by atoms with E-state index >= 15 is 0 Å². The third-order valence-corrected chi connectivity index (χ3v) is 3.37. The molecule has 4 heteroatoms. The zero-order valence-electron chi connectivity index (χ0n) is 10.1. The molecule has 1 unspecified atom stereocenters. The van der Waals surface area contributed by atoms with Crippen LogP contribution >= 0.6 is 0 Å². The van der Waals surface area contributed by atoms with E-state index in [-0.39, 0.29) is 0 Å². The quantitative estimate of drug-likeness (QED) is 0.622. The van der Waals surface area contributed by atoms with Crippen molar-refractivity contribution in [2.24, 2.45) is 11.7 Å². The highest BCUT2D eigenvalue weighted by atomic mass is 16.5. The Morgan fingerprint density at radius 2 is 2.19 bits per heavy atom. The van der Waals surface area contributed by atoms with Crippen molar-refractivity contribution in [3.05, 3.63) is 0 Å². The van der Waals surface area contributed by atoms with Gasteiger partial charge in [-0.2, -0.15) is 0 Å². The first-order valence-electron chi connectivity index (χ1n) is 6.12. The van der Waals surface area contributed by atoms with Gasteiger partial charge in [0.25, 0.3) is 0 Å². The minimum Gasteiger partial charge on any atom is -0.480 e. The van der Waals surface area contributed by atoms with E-state index < -0.39 is 11.5 Å². The molecule has 0 aromatic heterocycles. The third-order valence-electron chi connectivity index (χ3n) is 3.37. The van der Waals surface area contributed by atoms with Crippen LogP contribution in [0.15, 0.2) is 0 Å². The molecule has 1 saturated carbocycles. The number of ether oxygens (including phenoxy) is 1. The normalized spacial score (nSPS) is 20.1. The minimum absolute atomic E-state index is 0.464. The number of nitrogens with two attached hydrogens (primary N) is 1. The Hall–Kier alpha value is -0.610. The van der Waals surface area contributed by atoms with Crippen molar-refractivity contribution in [3.63, 3.8) is 0 Å². The van der Waals surface area contributed by atoms with Gasteiger partial charge in [0.15, 0.2) is 0 Å². The Labute approximate surface area is 97.2 Å². The number of aliphatic carboxylic acids is 1. The Kier molecular flexibility index (Phi) is 5.22. The summed E-state index contributed by atoms with van der Waals surface area (Å²) in [4.78, 5) is 10.7. The van der Waals surface area contributed by atoms with Crippen LogP contribution in [0.25, 0.3) is 0 Å². The predicted octanol–water partition coefficient (Wildman–Crippen LogP) is 1.78. The van der Waals surface area contributed by atoms with Crippen molar-refractivity contribution in [1.29, 1.82) is 0 Å². The van der Waals surface area contributed by atoms with E-state index in [9.17, 15) is 4.79 Å². The molecule has 0 heterocycles. The average molecular weight is 229 g/mol. The smallest absolute Gasteiger partial charge is 0.323 e. The van der Waals surface area contributed by atoms with Crippen LogP contribution in [0.3, 0.4) is 0 Å². The summed E-state index contributed by atoms with van der Waals surface area (Å²) in [5.74, 6) is -0.0687. The molecule has 0 amide bonds. The van der Waals surface area contributed by atoms with E-state index in [2.05, 4.69) is 0 Å². The summed E-state index contributed by atoms with van der Waals surface area (Å²) in [5, 5.41) is 8.79. The molecule has 1 aliphatic rings. The molecular formula is C12H23NO3. The van der Waals surface area contributed by atoms with Crippen molar-refractivity contribution in [2.45, 2.75) is 51.0 Å². The first-order valence-corrected chi connectivity index (χ1v) is 6.12. The molecule has 1 atom stereocenters. The van der Waals surface area contributed by atoms with Gasteiger partial charge in [-0.3, -0.25) is 4.79 Å². The topological polar surface area (TPSA) is 72.5 Å². The molecule has 1 rings (SSSR count). The Balaban J connectivity index is 1.92. The molecule has 4 nitrogen and oxygen atoms in total. The SMILES string of the molecule is CC(N)(CCCOCCC1CCC1)C(=O)O. The van der Waals surface area contributed by atoms with Gasteiger partial charge in [0, 0.05) is 13.2 Å². The molecule has 1 fully saturated rings. The van der Waals surface area contributed by atoms with Gasteiger partial charge in [0.1, 0.15) is 5.54 Å². The summed E-state index contributed by atoms with van der Waals surface area (Å²) in [6, 6.07) is 0. The lowest BCUT2D eigenvalue weighted by Crippen LogP contribution is -2.44. The molecule has 0 spiro atoms. The largest absolute Gasteiger partial charge is 0.480 e. The summed E-state index contributed by atoms with van der Waals surface area (Å²) >= 11 is 0. The van der Waals surface area contributed by atoms with Crippen molar-refractivity contribution >= 4 is 5.97 Å². The second-order valence-corrected chi connectivity index (χ2v) is 5.02. The monoisotopic (exact) mass is 229 g/mol. The van der Waals surface area contributed by atoms with Gasteiger partial charge in [-0.05, 0) is 32.1 Å². The van der Waals surface area contributed by atoms with Crippen LogP contribution in [0, 0.1) is 5.92 Å². The lowest BCUT2D eigenvalue weighted by molar-refractivity contribution is -0.143. The molecular weight excluding hydrogens is 206 g/mol. The molecule has 0 aromatic carbocycles. The second kappa shape index (κ2) is 6.21. The fourth-order valence-electron chi connectivity index (χ4n) is 1.78. The average Bonchev–Trinajstić information content (AvgIpc) is 2.13. The summed E-state index contributed by atoms with van der Waals surface area (Å²) in [6.07, 6.45) is 6.40. The number of rotatable bonds is 8. The van der Waals surface area contributed by atoms with Crippen LogP contribution in [-0.2, 0) is 9.53 Å². The van der Waals surface area contributed by atoms with Crippen LogP contribution in [-0.4, -0.2) is 29.8 Å². The van der Waals surface area contributed by atoms with E-state index in [0.717, 1.165) is 18.9 Å². The second-order valence-electron chi connectivity index (χ2n) is 5.02. The summed E-state index contributed by atoms with van der Waals surface area (Å²) < 4.78 is 5.47. The highest BCUT2D eigenvalue weighted by molar-refractivity contribution is 5.77. The van der Waals surface area contributed by atoms with Crippen LogP contribution in [0.1, 0.15) is 45.4 Å². The van der Waals surface area contributed by atoms with Crippen molar-refractivity contribution < 1.29 is 14.6 Å². The summed E-state index contributed by atoms with van der Waals surface area (Å²) in [5.41, 5.74) is 4.48. The zero-order chi connectivity index (χ0) is 12.0. The van der Waals surface area contributed by atoms with Gasteiger partial charge >= 0.3 is 5.97 Å². The highest BCUT2D eigenvalue weighted by Crippen LogP contribution is 2.29. The van der Waals surface area contributed by atoms with E-state index in [4.69, 9.17) is 15.6 Å². The van der Waals surface area contributed by atoms with E-state index in [1.807, 2.05) is 0 Å². The van der Waals surface area contributed by atoms with Gasteiger partial charge < -0.3 is 15.6 Å². The predicted molar refractivity (Wildman–Crippen MR) is 62.2 cm³/mol. The fraction of sp³-hybridized carbons (Fsp3) is 0.917. The number of hydrogen-bond donors (Lipinski definition) is 2. The Morgan fingerprint density at radius 3 is 2.69 bits per heavy atom. The number of carbonyl (C=O) groups is 1. The molecule has 0 aliphatic heterocycles. The summed E-state index contributed by atoms with van der Waals surface area (Å²) in [7, 11) is 0. The van der Waals surface area contributed by atoms with Crippen LogP contribution < -0.4 is 5.73 Å². The molecule has 1 aliphatic carbocycles. The van der Waals surface area contributed by atoms with Gasteiger partial charge in [0.2, 0.25) is 0 Å². The number of carboxylic acid groups (broad SMARTS) is 1. The van der Waals surface area contributed by atoms with E-state index in [1.165, 1.54) is 19.3 Å². The highest BCUT2D eigenvalue weighted by Gasteiger charge is 2.26. The molecule has 0 bridgehead atoms. The Bertz CT molecular complexity index is 224. The molecule has 94 valence electrons. The van der Waals surface area contributed by atoms with E-state index in [1.54, 1.807) is 6.92 Å². The molecule has 0 aromatic rings. The van der Waals surface area contributed by atoms with Gasteiger partial charge in [-0.1, -0.05) is 19.3 Å². The van der Waals surface area contributed by atoms with Crippen LogP contribution in [0.5, 0.6) is 0 Å². The van der Waals surface area contributed by atoms with E-state index in [0.29, 0.717) is 19.4 Å². The van der Waals surface area contributed by atoms with Crippen LogP contribution in [0.4, 0.5) is 0 Å². The molecule has 16 heavy (non-hydrogen) atoms. The number of carboxylic acids is 1. The maximum absolute atomic E-state index is 10.7. The lowest BCUT2D eigenvalue weighted by atomic mass is 9.83. The standard InChI is InChI=1S/C12H23NO3/c1-12(13,11(14)15)7-3-8-16-9-6-10-4-2-5-10/h10H,2-9,13H2,1H3,(H,14,15).